The van der Waals surface area contributed by atoms with Crippen LogP contribution in [0.2, 0.25) is 0 Å². The van der Waals surface area contributed by atoms with E-state index >= 15 is 0 Å². The molecule has 0 heterocycles. The molecule has 0 saturated heterocycles. The number of rotatable bonds is 8. The quantitative estimate of drug-likeness (QED) is 0.272. The molecule has 11 heteroatoms. The molecular formula is C19H30N4O6S. The maximum Gasteiger partial charge on any atom is 0.408 e. The molecule has 0 bridgehead atoms. The predicted molar refractivity (Wildman–Crippen MR) is 113 cm³/mol. The maximum absolute atomic E-state index is 12.4. The van der Waals surface area contributed by atoms with E-state index in [4.69, 9.17) is 4.74 Å². The molecule has 4 N–H and O–H groups in total. The van der Waals surface area contributed by atoms with Crippen LogP contribution in [0.4, 0.5) is 4.79 Å². The van der Waals surface area contributed by atoms with Crippen molar-refractivity contribution in [3.05, 3.63) is 29.8 Å². The number of aryl methyl sites for hydroxylation is 1. The molecule has 1 amide bonds. The standard InChI is InChI=1S/C19H30N4O6S/c1-13-8-10-14(11-9-13)30(27,28)23-17(20-5)21-12-6-7-15(16(24)25)22-18(26)29-19(2,3)4/h8-11,15H,6-7,12H2,1-5H3,(H,22,26)(H,24,25)(H2,20,21,23)/t15-/m0/s1. The number of ether oxygens (including phenoxy) is 1. The van der Waals surface area contributed by atoms with Crippen molar-refractivity contribution in [1.82, 2.24) is 15.4 Å². The molecule has 0 aliphatic heterocycles. The van der Waals surface area contributed by atoms with Crippen LogP contribution in [-0.4, -0.2) is 56.8 Å². The molecule has 168 valence electrons. The molecule has 0 radical (unpaired) electrons. The number of aliphatic carboxylic acids is 1. The Morgan fingerprint density at radius 2 is 1.80 bits per heavy atom. The Labute approximate surface area is 177 Å². The monoisotopic (exact) mass is 442 g/mol. The second-order valence-corrected chi connectivity index (χ2v) is 9.28. The number of hydrogen-bond donors (Lipinski definition) is 4. The fraction of sp³-hybridized carbons (Fsp3) is 0.526. The Morgan fingerprint density at radius 3 is 2.30 bits per heavy atom. The van der Waals surface area contributed by atoms with Crippen LogP contribution in [0, 0.1) is 6.92 Å². The van der Waals surface area contributed by atoms with Crippen LogP contribution >= 0.6 is 0 Å². The highest BCUT2D eigenvalue weighted by Crippen LogP contribution is 2.10. The Kier molecular flexibility index (Phi) is 9.09. The van der Waals surface area contributed by atoms with E-state index in [0.717, 1.165) is 5.56 Å². The Bertz CT molecular complexity index is 860. The lowest BCUT2D eigenvalue weighted by molar-refractivity contribution is -0.139. The number of amides is 1. The van der Waals surface area contributed by atoms with Crippen molar-refractivity contribution in [2.24, 2.45) is 4.99 Å². The summed E-state index contributed by atoms with van der Waals surface area (Å²) in [4.78, 5) is 27.1. The minimum Gasteiger partial charge on any atom is -0.480 e. The highest BCUT2D eigenvalue weighted by atomic mass is 32.2. The van der Waals surface area contributed by atoms with E-state index in [0.29, 0.717) is 6.42 Å². The average molecular weight is 443 g/mol. The number of nitrogens with one attached hydrogen (secondary N) is 3. The van der Waals surface area contributed by atoms with Crippen molar-refractivity contribution in [2.75, 3.05) is 13.6 Å². The SMILES string of the molecule is CN=C(NCCC[C@H](NC(=O)OC(C)(C)C)C(=O)O)NS(=O)(=O)c1ccc(C)cc1. The van der Waals surface area contributed by atoms with Gasteiger partial charge in [-0.3, -0.25) is 4.99 Å². The third-order valence-electron chi connectivity index (χ3n) is 3.74. The average Bonchev–Trinajstić information content (AvgIpc) is 2.61. The summed E-state index contributed by atoms with van der Waals surface area (Å²) in [6.45, 7) is 7.12. The van der Waals surface area contributed by atoms with Crippen molar-refractivity contribution in [3.8, 4) is 0 Å². The van der Waals surface area contributed by atoms with Crippen LogP contribution < -0.4 is 15.4 Å². The number of benzene rings is 1. The molecule has 0 aliphatic carbocycles. The number of carboxylic acids is 1. The van der Waals surface area contributed by atoms with Crippen LogP contribution in [0.15, 0.2) is 34.2 Å². The highest BCUT2D eigenvalue weighted by Gasteiger charge is 2.23. The topological polar surface area (TPSA) is 146 Å². The van der Waals surface area contributed by atoms with Crippen molar-refractivity contribution in [3.63, 3.8) is 0 Å². The van der Waals surface area contributed by atoms with Gasteiger partial charge < -0.3 is 20.5 Å². The number of alkyl carbamates (subject to hydrolysis) is 1. The predicted octanol–water partition coefficient (Wildman–Crippen LogP) is 1.61. The lowest BCUT2D eigenvalue weighted by Gasteiger charge is -2.22. The summed E-state index contributed by atoms with van der Waals surface area (Å²) in [6.07, 6.45) is -0.369. The number of carboxylic acid groups (broad SMARTS) is 1. The summed E-state index contributed by atoms with van der Waals surface area (Å²) in [5.41, 5.74) is 0.194. The second kappa shape index (κ2) is 10.8. The van der Waals surface area contributed by atoms with Gasteiger partial charge in [0.25, 0.3) is 10.0 Å². The van der Waals surface area contributed by atoms with Crippen molar-refractivity contribution < 1.29 is 27.9 Å². The molecule has 0 fully saturated rings. The third kappa shape index (κ3) is 9.12. The molecule has 1 aromatic rings. The largest absolute Gasteiger partial charge is 0.480 e. The van der Waals surface area contributed by atoms with Gasteiger partial charge in [-0.25, -0.2) is 22.7 Å². The molecule has 0 spiro atoms. The lowest BCUT2D eigenvalue weighted by Crippen LogP contribution is -2.44. The molecule has 0 saturated carbocycles. The summed E-state index contributed by atoms with van der Waals surface area (Å²) in [5, 5.41) is 14.4. The number of carbonyl (C=O) groups is 2. The van der Waals surface area contributed by atoms with Gasteiger partial charge in [0.2, 0.25) is 5.96 Å². The first-order valence-electron chi connectivity index (χ1n) is 9.36. The van der Waals surface area contributed by atoms with Gasteiger partial charge in [-0.1, -0.05) is 17.7 Å². The first-order chi connectivity index (χ1) is 13.8. The molecule has 0 aromatic heterocycles. The highest BCUT2D eigenvalue weighted by molar-refractivity contribution is 7.90. The first kappa shape index (κ1) is 25.2. The summed E-state index contributed by atoms with van der Waals surface area (Å²) in [5.74, 6) is -1.16. The van der Waals surface area contributed by atoms with Gasteiger partial charge in [0.15, 0.2) is 0 Å². The number of sulfonamides is 1. The van der Waals surface area contributed by atoms with Crippen LogP contribution in [-0.2, 0) is 19.6 Å². The summed E-state index contributed by atoms with van der Waals surface area (Å²) < 4.78 is 32.2. The molecular weight excluding hydrogens is 412 g/mol. The minimum atomic E-state index is -3.80. The van der Waals surface area contributed by atoms with Gasteiger partial charge in [0.05, 0.1) is 4.90 Å². The Balaban J connectivity index is 2.56. The normalized spacial score (nSPS) is 13.3. The van der Waals surface area contributed by atoms with Gasteiger partial charge >= 0.3 is 12.1 Å². The number of nitrogens with zero attached hydrogens (tertiary/aromatic N) is 1. The van der Waals surface area contributed by atoms with E-state index in [-0.39, 0.29) is 23.8 Å². The molecule has 1 aromatic carbocycles. The zero-order valence-electron chi connectivity index (χ0n) is 17.9. The van der Waals surface area contributed by atoms with E-state index in [1.165, 1.54) is 19.2 Å². The summed E-state index contributed by atoms with van der Waals surface area (Å²) >= 11 is 0. The number of aliphatic imine (C=N–C) groups is 1. The fourth-order valence-corrected chi connectivity index (χ4v) is 3.31. The van der Waals surface area contributed by atoms with Gasteiger partial charge in [0.1, 0.15) is 11.6 Å². The van der Waals surface area contributed by atoms with E-state index in [1.54, 1.807) is 32.9 Å². The second-order valence-electron chi connectivity index (χ2n) is 7.60. The van der Waals surface area contributed by atoms with Gasteiger partial charge in [0, 0.05) is 13.6 Å². The van der Waals surface area contributed by atoms with Crippen molar-refractivity contribution in [1.29, 1.82) is 0 Å². The first-order valence-corrected chi connectivity index (χ1v) is 10.8. The summed E-state index contributed by atoms with van der Waals surface area (Å²) in [6, 6.07) is 5.23. The fourth-order valence-electron chi connectivity index (χ4n) is 2.28. The zero-order chi connectivity index (χ0) is 22.9. The molecule has 1 rings (SSSR count). The van der Waals surface area contributed by atoms with Crippen LogP contribution in [0.25, 0.3) is 0 Å². The minimum absolute atomic E-state index is 0.0301. The number of hydrogen-bond acceptors (Lipinski definition) is 6. The zero-order valence-corrected chi connectivity index (χ0v) is 18.7. The summed E-state index contributed by atoms with van der Waals surface area (Å²) in [7, 11) is -2.38. The Morgan fingerprint density at radius 1 is 1.20 bits per heavy atom. The smallest absolute Gasteiger partial charge is 0.408 e. The van der Waals surface area contributed by atoms with Gasteiger partial charge in [-0.2, -0.15) is 0 Å². The van der Waals surface area contributed by atoms with Crippen LogP contribution in [0.3, 0.4) is 0 Å². The van der Waals surface area contributed by atoms with E-state index in [2.05, 4.69) is 20.3 Å². The number of carbonyl (C=O) groups excluding carboxylic acids is 1. The van der Waals surface area contributed by atoms with Crippen LogP contribution in [0.5, 0.6) is 0 Å². The molecule has 1 atom stereocenters. The van der Waals surface area contributed by atoms with Crippen molar-refractivity contribution in [2.45, 2.75) is 57.1 Å². The third-order valence-corrected chi connectivity index (χ3v) is 5.09. The van der Waals surface area contributed by atoms with E-state index < -0.39 is 33.7 Å². The molecule has 30 heavy (non-hydrogen) atoms. The molecule has 0 unspecified atom stereocenters. The molecule has 10 nitrogen and oxygen atoms in total. The van der Waals surface area contributed by atoms with E-state index in [9.17, 15) is 23.1 Å². The Hall–Kier alpha value is -2.82. The lowest BCUT2D eigenvalue weighted by atomic mass is 10.1. The van der Waals surface area contributed by atoms with Gasteiger partial charge in [-0.15, -0.1) is 0 Å². The van der Waals surface area contributed by atoms with Crippen molar-refractivity contribution >= 4 is 28.0 Å². The van der Waals surface area contributed by atoms with Gasteiger partial charge in [-0.05, 0) is 52.7 Å². The maximum atomic E-state index is 12.4. The number of guanidine groups is 1. The molecule has 0 aliphatic rings. The van der Waals surface area contributed by atoms with Crippen LogP contribution in [0.1, 0.15) is 39.2 Å². The van der Waals surface area contributed by atoms with E-state index in [1.807, 2.05) is 6.92 Å².